The predicted octanol–water partition coefficient (Wildman–Crippen LogP) is -0.919. The van der Waals surface area contributed by atoms with Gasteiger partial charge in [0.1, 0.15) is 0 Å². The van der Waals surface area contributed by atoms with Gasteiger partial charge in [-0.05, 0) is 7.05 Å². The van der Waals surface area contributed by atoms with Crippen molar-refractivity contribution in [2.45, 2.75) is 19.6 Å². The van der Waals surface area contributed by atoms with Crippen molar-refractivity contribution in [2.24, 2.45) is 5.73 Å². The third kappa shape index (κ3) is 1.30. The summed E-state index contributed by atoms with van der Waals surface area (Å²) >= 11 is 0. The van der Waals surface area contributed by atoms with Crippen molar-refractivity contribution >= 4 is 0 Å². The Bertz CT molecular complexity index is 365. The van der Waals surface area contributed by atoms with E-state index in [-0.39, 0.29) is 5.69 Å². The van der Waals surface area contributed by atoms with Gasteiger partial charge in [-0.3, -0.25) is 9.47 Å². The number of hydrogen-bond acceptors (Lipinski definition) is 3. The first-order valence-electron chi connectivity index (χ1n) is 4.41. The molecule has 0 spiro atoms. The first-order valence-corrected chi connectivity index (χ1v) is 4.41. The zero-order valence-corrected chi connectivity index (χ0v) is 7.71. The molecular formula is C8H14N4O. The molecule has 1 aliphatic heterocycles. The topological polar surface area (TPSA) is 67.0 Å². The standard InChI is InChI=1S/C8H14N4O/c1-11-4-6-7(5-11)12(3-2-9)8(13)10-6/h2-5,9H2,1H3,(H,10,13). The molecule has 0 bridgehead atoms. The average Bonchev–Trinajstić information content (AvgIpc) is 2.52. The van der Waals surface area contributed by atoms with E-state index in [0.29, 0.717) is 13.1 Å². The van der Waals surface area contributed by atoms with E-state index in [2.05, 4.69) is 9.88 Å². The number of aromatic amines is 1. The van der Waals surface area contributed by atoms with Crippen LogP contribution in [0.25, 0.3) is 0 Å². The Labute approximate surface area is 76.2 Å². The molecule has 1 aromatic rings. The number of H-pyrrole nitrogens is 1. The average molecular weight is 182 g/mol. The minimum Gasteiger partial charge on any atom is -0.329 e. The van der Waals surface area contributed by atoms with Gasteiger partial charge in [-0.15, -0.1) is 0 Å². The summed E-state index contributed by atoms with van der Waals surface area (Å²) in [5.74, 6) is 0. The molecule has 0 saturated carbocycles. The lowest BCUT2D eigenvalue weighted by Crippen LogP contribution is -2.25. The highest BCUT2D eigenvalue weighted by Crippen LogP contribution is 2.17. The van der Waals surface area contributed by atoms with Gasteiger partial charge in [0.2, 0.25) is 0 Å². The second-order valence-corrected chi connectivity index (χ2v) is 3.47. The SMILES string of the molecule is CN1Cc2[nH]c(=O)n(CCN)c2C1. The third-order valence-electron chi connectivity index (χ3n) is 2.38. The molecule has 2 heterocycles. The summed E-state index contributed by atoms with van der Waals surface area (Å²) in [4.78, 5) is 16.4. The number of fused-ring (bicyclic) bond motifs is 1. The van der Waals surface area contributed by atoms with Crippen LogP contribution in [0.4, 0.5) is 0 Å². The molecule has 2 rings (SSSR count). The number of imidazole rings is 1. The lowest BCUT2D eigenvalue weighted by Gasteiger charge is -2.06. The van der Waals surface area contributed by atoms with E-state index < -0.39 is 0 Å². The molecule has 0 unspecified atom stereocenters. The number of rotatable bonds is 2. The van der Waals surface area contributed by atoms with Gasteiger partial charge < -0.3 is 10.7 Å². The molecule has 0 atom stereocenters. The first kappa shape index (κ1) is 8.52. The van der Waals surface area contributed by atoms with Gasteiger partial charge >= 0.3 is 5.69 Å². The van der Waals surface area contributed by atoms with Gasteiger partial charge in [-0.1, -0.05) is 0 Å². The van der Waals surface area contributed by atoms with Crippen LogP contribution in [-0.4, -0.2) is 28.0 Å². The minimum atomic E-state index is -0.0245. The summed E-state index contributed by atoms with van der Waals surface area (Å²) in [5, 5.41) is 0. The first-order chi connectivity index (χ1) is 6.22. The lowest BCUT2D eigenvalue weighted by atomic mass is 10.4. The fraction of sp³-hybridized carbons (Fsp3) is 0.625. The highest BCUT2D eigenvalue weighted by Gasteiger charge is 2.21. The van der Waals surface area contributed by atoms with Gasteiger partial charge in [0.15, 0.2) is 0 Å². The van der Waals surface area contributed by atoms with Crippen molar-refractivity contribution in [3.63, 3.8) is 0 Å². The largest absolute Gasteiger partial charge is 0.329 e. The lowest BCUT2D eigenvalue weighted by molar-refractivity contribution is 0.341. The third-order valence-corrected chi connectivity index (χ3v) is 2.38. The maximum Gasteiger partial charge on any atom is 0.326 e. The van der Waals surface area contributed by atoms with Crippen LogP contribution in [0.15, 0.2) is 4.79 Å². The maximum absolute atomic E-state index is 11.4. The second kappa shape index (κ2) is 3.01. The van der Waals surface area contributed by atoms with E-state index in [1.807, 2.05) is 7.05 Å². The second-order valence-electron chi connectivity index (χ2n) is 3.47. The molecule has 72 valence electrons. The molecular weight excluding hydrogens is 168 g/mol. The number of hydrogen-bond donors (Lipinski definition) is 2. The van der Waals surface area contributed by atoms with Gasteiger partial charge in [0, 0.05) is 26.2 Å². The number of nitrogens with one attached hydrogen (secondary N) is 1. The fourth-order valence-corrected chi connectivity index (χ4v) is 1.81. The van der Waals surface area contributed by atoms with E-state index in [1.165, 1.54) is 0 Å². The molecule has 0 saturated heterocycles. The van der Waals surface area contributed by atoms with Crippen molar-refractivity contribution in [3.05, 3.63) is 21.9 Å². The molecule has 0 amide bonds. The predicted molar refractivity (Wildman–Crippen MR) is 49.3 cm³/mol. The molecule has 13 heavy (non-hydrogen) atoms. The summed E-state index contributed by atoms with van der Waals surface area (Å²) in [6.45, 7) is 2.79. The van der Waals surface area contributed by atoms with Gasteiger partial charge in [-0.2, -0.15) is 0 Å². The van der Waals surface area contributed by atoms with Crippen LogP contribution in [0.3, 0.4) is 0 Å². The molecule has 0 aromatic carbocycles. The zero-order chi connectivity index (χ0) is 9.42. The number of nitrogens with zero attached hydrogens (tertiary/aromatic N) is 2. The van der Waals surface area contributed by atoms with E-state index >= 15 is 0 Å². The Kier molecular flexibility index (Phi) is 1.97. The van der Waals surface area contributed by atoms with Crippen LogP contribution >= 0.6 is 0 Å². The van der Waals surface area contributed by atoms with Gasteiger partial charge in [-0.25, -0.2) is 4.79 Å². The number of nitrogens with two attached hydrogens (primary N) is 1. The molecule has 0 fully saturated rings. The van der Waals surface area contributed by atoms with Crippen LogP contribution in [-0.2, 0) is 19.6 Å². The molecule has 1 aliphatic rings. The van der Waals surface area contributed by atoms with E-state index in [4.69, 9.17) is 5.73 Å². The van der Waals surface area contributed by atoms with Crippen LogP contribution in [0.1, 0.15) is 11.4 Å². The van der Waals surface area contributed by atoms with E-state index in [9.17, 15) is 4.79 Å². The van der Waals surface area contributed by atoms with Gasteiger partial charge in [0.25, 0.3) is 0 Å². The molecule has 5 heteroatoms. The van der Waals surface area contributed by atoms with E-state index in [1.54, 1.807) is 4.57 Å². The van der Waals surface area contributed by atoms with Crippen LogP contribution < -0.4 is 11.4 Å². The Hall–Kier alpha value is -1.07. The molecule has 0 aliphatic carbocycles. The Balaban J connectivity index is 2.40. The van der Waals surface area contributed by atoms with Crippen LogP contribution in [0.2, 0.25) is 0 Å². The quantitative estimate of drug-likeness (QED) is 0.621. The summed E-state index contributed by atoms with van der Waals surface area (Å²) < 4.78 is 1.73. The molecule has 5 nitrogen and oxygen atoms in total. The molecule has 0 radical (unpaired) electrons. The summed E-state index contributed by atoms with van der Waals surface area (Å²) in [6.07, 6.45) is 0. The summed E-state index contributed by atoms with van der Waals surface area (Å²) in [6, 6.07) is 0. The van der Waals surface area contributed by atoms with Crippen LogP contribution in [0.5, 0.6) is 0 Å². The van der Waals surface area contributed by atoms with Crippen LogP contribution in [0, 0.1) is 0 Å². The number of aromatic nitrogens is 2. The highest BCUT2D eigenvalue weighted by molar-refractivity contribution is 5.17. The summed E-state index contributed by atoms with van der Waals surface area (Å²) in [7, 11) is 2.03. The smallest absolute Gasteiger partial charge is 0.326 e. The van der Waals surface area contributed by atoms with Crippen molar-refractivity contribution in [1.29, 1.82) is 0 Å². The molecule has 3 N–H and O–H groups in total. The maximum atomic E-state index is 11.4. The Morgan fingerprint density at radius 3 is 3.00 bits per heavy atom. The highest BCUT2D eigenvalue weighted by atomic mass is 16.1. The fourth-order valence-electron chi connectivity index (χ4n) is 1.81. The summed E-state index contributed by atoms with van der Waals surface area (Å²) in [5.41, 5.74) is 7.54. The zero-order valence-electron chi connectivity index (χ0n) is 7.71. The normalized spacial score (nSPS) is 16.5. The Morgan fingerprint density at radius 2 is 2.31 bits per heavy atom. The van der Waals surface area contributed by atoms with Crippen molar-refractivity contribution < 1.29 is 0 Å². The van der Waals surface area contributed by atoms with Crippen molar-refractivity contribution in [2.75, 3.05) is 13.6 Å². The monoisotopic (exact) mass is 182 g/mol. The molecule has 1 aromatic heterocycles. The van der Waals surface area contributed by atoms with Crippen molar-refractivity contribution in [1.82, 2.24) is 14.5 Å². The van der Waals surface area contributed by atoms with Gasteiger partial charge in [0.05, 0.1) is 11.4 Å². The van der Waals surface area contributed by atoms with E-state index in [0.717, 1.165) is 24.5 Å². The minimum absolute atomic E-state index is 0.0245. The van der Waals surface area contributed by atoms with Crippen molar-refractivity contribution in [3.8, 4) is 0 Å². The Morgan fingerprint density at radius 1 is 1.54 bits per heavy atom.